The smallest absolute Gasteiger partial charge is 0.450 e. The maximum Gasteiger partial charge on any atom is 0.508 e. The minimum Gasteiger partial charge on any atom is -0.450 e. The fourth-order valence-corrected chi connectivity index (χ4v) is 0.559. The molecule has 0 aromatic carbocycles. The van der Waals surface area contributed by atoms with Gasteiger partial charge in [-0.25, -0.2) is 4.79 Å². The number of carbonyl (C=O) groups excluding carboxylic acids is 1. The molecule has 0 rings (SSSR count). The third-order valence-electron chi connectivity index (χ3n) is 1.04. The molecule has 0 saturated heterocycles. The van der Waals surface area contributed by atoms with Crippen LogP contribution in [0.5, 0.6) is 0 Å². The standard InChI is InChI=1S/C7H12O5/c1-4(2)6(11-5(3)8)12-7(9)10/h4,6H,1-3H3,(H,9,10)/t6-/m1/s1. The van der Waals surface area contributed by atoms with E-state index in [1.807, 2.05) is 0 Å². The molecule has 0 fully saturated rings. The van der Waals surface area contributed by atoms with E-state index < -0.39 is 18.4 Å². The molecule has 1 atom stereocenters. The first-order valence-electron chi connectivity index (χ1n) is 3.50. The molecule has 0 heterocycles. The van der Waals surface area contributed by atoms with Crippen molar-refractivity contribution in [1.29, 1.82) is 0 Å². The van der Waals surface area contributed by atoms with E-state index in [4.69, 9.17) is 5.11 Å². The molecule has 0 aliphatic rings. The molecule has 0 unspecified atom stereocenters. The van der Waals surface area contributed by atoms with E-state index in [-0.39, 0.29) is 5.92 Å². The molecule has 0 aliphatic carbocycles. The minimum atomic E-state index is -1.45. The lowest BCUT2D eigenvalue weighted by atomic mass is 10.2. The monoisotopic (exact) mass is 176 g/mol. The van der Waals surface area contributed by atoms with Gasteiger partial charge >= 0.3 is 12.1 Å². The lowest BCUT2D eigenvalue weighted by molar-refractivity contribution is -0.175. The summed E-state index contributed by atoms with van der Waals surface area (Å²) in [5.74, 6) is -0.750. The van der Waals surface area contributed by atoms with Crippen molar-refractivity contribution in [3.05, 3.63) is 0 Å². The normalized spacial score (nSPS) is 12.3. The van der Waals surface area contributed by atoms with Gasteiger partial charge in [0.25, 0.3) is 6.29 Å². The SMILES string of the molecule is CC(=O)O[C@H](OC(=O)O)C(C)C. The molecule has 0 bridgehead atoms. The molecule has 5 heteroatoms. The van der Waals surface area contributed by atoms with E-state index in [0.717, 1.165) is 0 Å². The van der Waals surface area contributed by atoms with Gasteiger partial charge in [-0.1, -0.05) is 13.8 Å². The van der Waals surface area contributed by atoms with Crippen LogP contribution in [-0.2, 0) is 14.3 Å². The third-order valence-corrected chi connectivity index (χ3v) is 1.04. The van der Waals surface area contributed by atoms with Gasteiger partial charge in [0.05, 0.1) is 0 Å². The Balaban J connectivity index is 4.04. The van der Waals surface area contributed by atoms with Crippen molar-refractivity contribution in [2.75, 3.05) is 0 Å². The van der Waals surface area contributed by atoms with E-state index in [2.05, 4.69) is 9.47 Å². The van der Waals surface area contributed by atoms with Gasteiger partial charge in [0.15, 0.2) is 0 Å². The summed E-state index contributed by atoms with van der Waals surface area (Å²) in [6.45, 7) is 4.58. The zero-order valence-corrected chi connectivity index (χ0v) is 7.23. The Hall–Kier alpha value is -1.26. The molecule has 0 saturated carbocycles. The van der Waals surface area contributed by atoms with Crippen LogP contribution in [0.2, 0.25) is 0 Å². The Kier molecular flexibility index (Phi) is 4.10. The second-order valence-corrected chi connectivity index (χ2v) is 2.61. The molecule has 70 valence electrons. The number of carboxylic acid groups (broad SMARTS) is 1. The second kappa shape index (κ2) is 4.58. The van der Waals surface area contributed by atoms with Gasteiger partial charge < -0.3 is 14.6 Å². The van der Waals surface area contributed by atoms with Crippen molar-refractivity contribution in [3.63, 3.8) is 0 Å². The summed E-state index contributed by atoms with van der Waals surface area (Å²) in [7, 11) is 0. The first kappa shape index (κ1) is 10.7. The number of hydrogen-bond donors (Lipinski definition) is 1. The Morgan fingerprint density at radius 1 is 1.25 bits per heavy atom. The van der Waals surface area contributed by atoms with Crippen LogP contribution in [-0.4, -0.2) is 23.5 Å². The van der Waals surface area contributed by atoms with Crippen LogP contribution in [0, 0.1) is 5.92 Å². The van der Waals surface area contributed by atoms with Crippen molar-refractivity contribution in [2.45, 2.75) is 27.1 Å². The highest BCUT2D eigenvalue weighted by Crippen LogP contribution is 2.08. The predicted molar refractivity (Wildman–Crippen MR) is 39.5 cm³/mol. The van der Waals surface area contributed by atoms with E-state index >= 15 is 0 Å². The van der Waals surface area contributed by atoms with Gasteiger partial charge in [0.1, 0.15) is 0 Å². The van der Waals surface area contributed by atoms with Crippen molar-refractivity contribution in [2.24, 2.45) is 5.92 Å². The summed E-state index contributed by atoms with van der Waals surface area (Å²) < 4.78 is 8.88. The molecule has 0 aliphatic heterocycles. The van der Waals surface area contributed by atoms with Gasteiger partial charge in [-0.05, 0) is 0 Å². The average Bonchev–Trinajstić information content (AvgIpc) is 1.83. The van der Waals surface area contributed by atoms with Crippen molar-refractivity contribution in [3.8, 4) is 0 Å². The Morgan fingerprint density at radius 3 is 2.00 bits per heavy atom. The average molecular weight is 176 g/mol. The summed E-state index contributed by atoms with van der Waals surface area (Å²) in [4.78, 5) is 20.5. The van der Waals surface area contributed by atoms with Crippen LogP contribution in [0.25, 0.3) is 0 Å². The van der Waals surface area contributed by atoms with E-state index in [0.29, 0.717) is 0 Å². The molecule has 5 nitrogen and oxygen atoms in total. The largest absolute Gasteiger partial charge is 0.508 e. The second-order valence-electron chi connectivity index (χ2n) is 2.61. The summed E-state index contributed by atoms with van der Waals surface area (Å²) in [5, 5.41) is 8.23. The summed E-state index contributed by atoms with van der Waals surface area (Å²) in [6.07, 6.45) is -2.46. The summed E-state index contributed by atoms with van der Waals surface area (Å²) in [5.41, 5.74) is 0. The number of rotatable bonds is 3. The van der Waals surface area contributed by atoms with Crippen LogP contribution in [0.1, 0.15) is 20.8 Å². The number of carbonyl (C=O) groups is 2. The maximum absolute atomic E-state index is 10.4. The third kappa shape index (κ3) is 4.54. The Morgan fingerprint density at radius 2 is 1.75 bits per heavy atom. The zero-order valence-electron chi connectivity index (χ0n) is 7.23. The summed E-state index contributed by atoms with van der Waals surface area (Å²) >= 11 is 0. The fourth-order valence-electron chi connectivity index (χ4n) is 0.559. The highest BCUT2D eigenvalue weighted by molar-refractivity contribution is 5.66. The van der Waals surface area contributed by atoms with Crippen LogP contribution >= 0.6 is 0 Å². The maximum atomic E-state index is 10.4. The van der Waals surface area contributed by atoms with Gasteiger partial charge in [-0.15, -0.1) is 0 Å². The fraction of sp³-hybridized carbons (Fsp3) is 0.714. The van der Waals surface area contributed by atoms with Gasteiger partial charge in [0, 0.05) is 12.8 Å². The molecule has 1 N–H and O–H groups in total. The minimum absolute atomic E-state index is 0.190. The predicted octanol–water partition coefficient (Wildman–Crippen LogP) is 1.23. The van der Waals surface area contributed by atoms with Gasteiger partial charge in [0.2, 0.25) is 0 Å². The van der Waals surface area contributed by atoms with Crippen molar-refractivity contribution >= 4 is 12.1 Å². The first-order valence-corrected chi connectivity index (χ1v) is 3.50. The quantitative estimate of drug-likeness (QED) is 0.517. The van der Waals surface area contributed by atoms with Crippen molar-refractivity contribution in [1.82, 2.24) is 0 Å². The van der Waals surface area contributed by atoms with E-state index in [1.165, 1.54) is 6.92 Å². The lowest BCUT2D eigenvalue weighted by Crippen LogP contribution is -2.27. The van der Waals surface area contributed by atoms with E-state index in [1.54, 1.807) is 13.8 Å². The molecular formula is C7H12O5. The van der Waals surface area contributed by atoms with Gasteiger partial charge in [-0.2, -0.15) is 0 Å². The molecule has 0 aromatic heterocycles. The molecule has 0 spiro atoms. The number of ether oxygens (including phenoxy) is 2. The van der Waals surface area contributed by atoms with Crippen LogP contribution in [0.4, 0.5) is 4.79 Å². The molecule has 0 amide bonds. The van der Waals surface area contributed by atoms with Gasteiger partial charge in [-0.3, -0.25) is 4.79 Å². The van der Waals surface area contributed by atoms with E-state index in [9.17, 15) is 9.59 Å². The number of esters is 1. The Labute approximate surface area is 70.3 Å². The molecular weight excluding hydrogens is 164 g/mol. The lowest BCUT2D eigenvalue weighted by Gasteiger charge is -2.18. The topological polar surface area (TPSA) is 72.8 Å². The highest BCUT2D eigenvalue weighted by Gasteiger charge is 2.20. The van der Waals surface area contributed by atoms with Crippen LogP contribution in [0.3, 0.4) is 0 Å². The highest BCUT2D eigenvalue weighted by atomic mass is 16.8. The zero-order chi connectivity index (χ0) is 9.72. The molecule has 12 heavy (non-hydrogen) atoms. The summed E-state index contributed by atoms with van der Waals surface area (Å²) in [6, 6.07) is 0. The Bertz CT molecular complexity index is 159. The van der Waals surface area contributed by atoms with Crippen molar-refractivity contribution < 1.29 is 24.2 Å². The first-order chi connectivity index (χ1) is 5.43. The number of hydrogen-bond acceptors (Lipinski definition) is 4. The van der Waals surface area contributed by atoms with Crippen LogP contribution < -0.4 is 0 Å². The molecule has 0 radical (unpaired) electrons. The van der Waals surface area contributed by atoms with Crippen LogP contribution in [0.15, 0.2) is 0 Å². The molecule has 0 aromatic rings.